The van der Waals surface area contributed by atoms with Crippen molar-refractivity contribution in [2.24, 2.45) is 47.3 Å². The first kappa shape index (κ1) is 54.4. The highest BCUT2D eigenvalue weighted by Gasteiger charge is 2.29. The SMILES string of the molecule is C=C(CCC(O)C(C)CCCCC(CC(=O)C(C)C(=C)C(C)CC)C(=C)CC(CCCCC(C)=N)C(=C)C(C)C(=C)[C@@H](C)CCC(C)O)C(=C)[C@@H](C(=C)C)[C@@H](C)O. The molecule has 0 aromatic rings. The molecule has 8 unspecified atom stereocenters. The molecule has 0 spiro atoms. The minimum Gasteiger partial charge on any atom is -0.393 e. The molecule has 326 valence electrons. The van der Waals surface area contributed by atoms with Crippen LogP contribution in [0, 0.1) is 52.8 Å². The standard InChI is InChI=1S/C52H89NO4/c1-18-34(4)41(11)46(16)51(57)32-48(25-21-19-23-37(7)50(56)30-28-36(6)43(13)52(33(2)3)47(17)55)38(8)31-49(26-22-20-24-39(9)53)45(15)44(14)42(12)35(5)27-29-40(10)54/h34-35,37,40,44,46-50,52-56H,2,6,8,11-13,15,18-32H2,1,3-5,7,9-10,14,16-17H3/t34?,35-,37?,40?,44?,46?,47+,48?,49?,50?,52+/m0/s1. The van der Waals surface area contributed by atoms with E-state index in [0.717, 1.165) is 116 Å². The first-order valence-corrected chi connectivity index (χ1v) is 22.3. The number of allylic oxidation sites excluding steroid dienone is 5. The Kier molecular flexibility index (Phi) is 26.7. The maximum absolute atomic E-state index is 13.9. The summed E-state index contributed by atoms with van der Waals surface area (Å²) in [6.07, 6.45) is 10.9. The van der Waals surface area contributed by atoms with Crippen LogP contribution in [-0.4, -0.2) is 45.1 Å². The average Bonchev–Trinajstić information content (AvgIpc) is 3.15. The summed E-state index contributed by atoms with van der Waals surface area (Å²) < 4.78 is 0. The number of ketones is 1. The fourth-order valence-electron chi connectivity index (χ4n) is 8.18. The fourth-order valence-corrected chi connectivity index (χ4v) is 8.18. The van der Waals surface area contributed by atoms with E-state index in [1.54, 1.807) is 6.92 Å². The monoisotopic (exact) mass is 792 g/mol. The number of aliphatic hydroxyl groups is 3. The molecule has 0 bridgehead atoms. The lowest BCUT2D eigenvalue weighted by Crippen LogP contribution is -2.23. The highest BCUT2D eigenvalue weighted by atomic mass is 16.3. The Balaban J connectivity index is 5.99. The first-order chi connectivity index (χ1) is 26.5. The summed E-state index contributed by atoms with van der Waals surface area (Å²) in [6, 6.07) is 0. The van der Waals surface area contributed by atoms with Crippen molar-refractivity contribution in [1.29, 1.82) is 5.41 Å². The van der Waals surface area contributed by atoms with Crippen LogP contribution in [0.4, 0.5) is 0 Å². The van der Waals surface area contributed by atoms with E-state index in [9.17, 15) is 20.1 Å². The number of carbonyl (C=O) groups is 1. The maximum Gasteiger partial charge on any atom is 0.140 e. The fraction of sp³-hybridized carbons (Fsp3) is 0.692. The summed E-state index contributed by atoms with van der Waals surface area (Å²) in [4.78, 5) is 13.9. The highest BCUT2D eigenvalue weighted by molar-refractivity contribution is 5.83. The van der Waals surface area contributed by atoms with Gasteiger partial charge in [-0.15, -0.1) is 0 Å². The molecule has 0 aliphatic heterocycles. The highest BCUT2D eigenvalue weighted by Crippen LogP contribution is 2.39. The van der Waals surface area contributed by atoms with Crippen LogP contribution in [0.15, 0.2) is 85.1 Å². The van der Waals surface area contributed by atoms with Gasteiger partial charge in [0, 0.05) is 24.0 Å². The third-order valence-corrected chi connectivity index (χ3v) is 13.2. The zero-order chi connectivity index (χ0) is 44.2. The topological polar surface area (TPSA) is 102 Å². The third kappa shape index (κ3) is 20.3. The lowest BCUT2D eigenvalue weighted by Gasteiger charge is -2.31. The number of hydrogen-bond donors (Lipinski definition) is 4. The third-order valence-electron chi connectivity index (χ3n) is 13.2. The molecular weight excluding hydrogens is 703 g/mol. The molecule has 5 nitrogen and oxygen atoms in total. The number of Topliss-reactive ketones (excluding diaryl/α,β-unsaturated/α-hetero) is 1. The van der Waals surface area contributed by atoms with E-state index in [4.69, 9.17) is 5.41 Å². The van der Waals surface area contributed by atoms with Crippen molar-refractivity contribution in [2.45, 2.75) is 184 Å². The van der Waals surface area contributed by atoms with Crippen molar-refractivity contribution in [3.05, 3.63) is 85.1 Å². The number of aliphatic hydroxyl groups excluding tert-OH is 3. The molecule has 0 aromatic heterocycles. The largest absolute Gasteiger partial charge is 0.393 e. The Morgan fingerprint density at radius 1 is 0.614 bits per heavy atom. The lowest BCUT2D eigenvalue weighted by molar-refractivity contribution is -0.122. The molecule has 0 amide bonds. The van der Waals surface area contributed by atoms with E-state index < -0.39 is 12.2 Å². The minimum absolute atomic E-state index is 0.0389. The van der Waals surface area contributed by atoms with Gasteiger partial charge in [0.15, 0.2) is 0 Å². The van der Waals surface area contributed by atoms with Gasteiger partial charge < -0.3 is 20.7 Å². The molecule has 0 saturated carbocycles. The van der Waals surface area contributed by atoms with E-state index in [1.165, 1.54) is 0 Å². The van der Waals surface area contributed by atoms with Crippen molar-refractivity contribution in [3.63, 3.8) is 0 Å². The molecule has 11 atom stereocenters. The van der Waals surface area contributed by atoms with Gasteiger partial charge in [0.25, 0.3) is 0 Å². The van der Waals surface area contributed by atoms with Crippen LogP contribution in [0.5, 0.6) is 0 Å². The molecular formula is C52H89NO4. The molecule has 4 N–H and O–H groups in total. The number of hydrogen-bond acceptors (Lipinski definition) is 5. The number of carbonyl (C=O) groups excluding carboxylic acids is 1. The maximum atomic E-state index is 13.9. The van der Waals surface area contributed by atoms with E-state index in [0.29, 0.717) is 25.0 Å². The summed E-state index contributed by atoms with van der Waals surface area (Å²) in [5, 5.41) is 39.2. The normalized spacial score (nSPS) is 17.4. The molecule has 0 saturated heterocycles. The quantitative estimate of drug-likeness (QED) is 0.0226. The van der Waals surface area contributed by atoms with Gasteiger partial charge >= 0.3 is 0 Å². The molecule has 0 aliphatic carbocycles. The van der Waals surface area contributed by atoms with Gasteiger partial charge in [0.05, 0.1) is 18.3 Å². The Bertz CT molecular complexity index is 1350. The molecule has 0 aliphatic rings. The van der Waals surface area contributed by atoms with Crippen LogP contribution in [0.2, 0.25) is 0 Å². The average molecular weight is 792 g/mol. The summed E-state index contributed by atoms with van der Waals surface area (Å²) in [6.45, 7) is 50.8. The Morgan fingerprint density at radius 3 is 1.68 bits per heavy atom. The van der Waals surface area contributed by atoms with Crippen molar-refractivity contribution in [1.82, 2.24) is 0 Å². The molecule has 5 heteroatoms. The zero-order valence-electron chi connectivity index (χ0n) is 38.7. The second-order valence-electron chi connectivity index (χ2n) is 18.3. The Hall–Kier alpha value is -2.60. The van der Waals surface area contributed by atoms with Gasteiger partial charge in [-0.2, -0.15) is 0 Å². The van der Waals surface area contributed by atoms with Crippen molar-refractivity contribution >= 4 is 11.5 Å². The smallest absolute Gasteiger partial charge is 0.140 e. The van der Waals surface area contributed by atoms with E-state index in [2.05, 4.69) is 80.7 Å². The van der Waals surface area contributed by atoms with Crippen LogP contribution in [-0.2, 0) is 4.79 Å². The minimum atomic E-state index is -0.594. The van der Waals surface area contributed by atoms with Gasteiger partial charge in [0.1, 0.15) is 5.78 Å². The molecule has 0 heterocycles. The van der Waals surface area contributed by atoms with Crippen LogP contribution >= 0.6 is 0 Å². The molecule has 0 radical (unpaired) electrons. The van der Waals surface area contributed by atoms with E-state index >= 15 is 0 Å². The van der Waals surface area contributed by atoms with Gasteiger partial charge in [-0.1, -0.05) is 140 Å². The van der Waals surface area contributed by atoms with Crippen LogP contribution in [0.1, 0.15) is 166 Å². The van der Waals surface area contributed by atoms with Crippen molar-refractivity contribution < 1.29 is 20.1 Å². The predicted octanol–water partition coefficient (Wildman–Crippen LogP) is 13.5. The van der Waals surface area contributed by atoms with Gasteiger partial charge in [-0.25, -0.2) is 0 Å². The Labute approximate surface area is 352 Å². The first-order valence-electron chi connectivity index (χ1n) is 22.3. The molecule has 0 rings (SSSR count). The summed E-state index contributed by atoms with van der Waals surface area (Å²) in [5.74, 6) is 0.797. The molecule has 57 heavy (non-hydrogen) atoms. The lowest BCUT2D eigenvalue weighted by atomic mass is 9.74. The van der Waals surface area contributed by atoms with Gasteiger partial charge in [-0.3, -0.25) is 4.79 Å². The number of rotatable bonds is 34. The second kappa shape index (κ2) is 28.0. The van der Waals surface area contributed by atoms with Gasteiger partial charge in [0.2, 0.25) is 0 Å². The summed E-state index contributed by atoms with van der Waals surface area (Å²) in [7, 11) is 0. The van der Waals surface area contributed by atoms with E-state index in [1.807, 2.05) is 27.7 Å². The molecule has 0 fully saturated rings. The van der Waals surface area contributed by atoms with Crippen LogP contribution in [0.25, 0.3) is 0 Å². The number of nitrogens with one attached hydrogen (secondary N) is 1. The van der Waals surface area contributed by atoms with Crippen LogP contribution in [0.3, 0.4) is 0 Å². The Morgan fingerprint density at radius 2 is 1.16 bits per heavy atom. The molecule has 0 aromatic carbocycles. The second-order valence-corrected chi connectivity index (χ2v) is 18.3. The number of unbranched alkanes of at least 4 members (excludes halogenated alkanes) is 2. The van der Waals surface area contributed by atoms with Crippen LogP contribution < -0.4 is 0 Å². The predicted molar refractivity (Wildman–Crippen MR) is 249 cm³/mol. The zero-order valence-corrected chi connectivity index (χ0v) is 38.7. The summed E-state index contributed by atoms with van der Waals surface area (Å²) >= 11 is 0. The van der Waals surface area contributed by atoms with E-state index in [-0.39, 0.29) is 59.2 Å². The van der Waals surface area contributed by atoms with Gasteiger partial charge in [-0.05, 0) is 139 Å². The van der Waals surface area contributed by atoms with Crippen molar-refractivity contribution in [3.8, 4) is 0 Å². The van der Waals surface area contributed by atoms with Crippen molar-refractivity contribution in [2.75, 3.05) is 0 Å². The summed E-state index contributed by atoms with van der Waals surface area (Å²) in [5.41, 5.74) is 7.62.